The molecule has 0 aromatic carbocycles. The molecular formula is C14H23NO. The summed E-state index contributed by atoms with van der Waals surface area (Å²) in [5.41, 5.74) is 0. The minimum atomic E-state index is 0.419. The molecule has 1 aliphatic rings. The Morgan fingerprint density at radius 2 is 2.38 bits per heavy atom. The third-order valence-electron chi connectivity index (χ3n) is 3.72. The Kier molecular flexibility index (Phi) is 4.05. The van der Waals surface area contributed by atoms with E-state index in [1.165, 1.54) is 25.7 Å². The molecule has 1 N–H and O–H groups in total. The highest BCUT2D eigenvalue weighted by Crippen LogP contribution is 2.37. The number of nitrogens with one attached hydrogen (secondary N) is 1. The van der Waals surface area contributed by atoms with Crippen molar-refractivity contribution in [3.63, 3.8) is 0 Å². The van der Waals surface area contributed by atoms with Crippen LogP contribution in [0.4, 0.5) is 0 Å². The van der Waals surface area contributed by atoms with Gasteiger partial charge in [0.15, 0.2) is 0 Å². The van der Waals surface area contributed by atoms with Gasteiger partial charge in [-0.1, -0.05) is 26.7 Å². The Hall–Kier alpha value is -0.760. The molecule has 1 aromatic rings. The molecule has 0 radical (unpaired) electrons. The van der Waals surface area contributed by atoms with Crippen LogP contribution in [0.25, 0.3) is 0 Å². The number of furan rings is 1. The van der Waals surface area contributed by atoms with E-state index in [0.29, 0.717) is 6.04 Å². The minimum absolute atomic E-state index is 0.419. The molecule has 0 amide bonds. The summed E-state index contributed by atoms with van der Waals surface area (Å²) in [6, 6.07) is 4.51. The lowest BCUT2D eigenvalue weighted by molar-refractivity contribution is 0.207. The van der Waals surface area contributed by atoms with Crippen LogP contribution in [0.3, 0.4) is 0 Å². The smallest absolute Gasteiger partial charge is 0.120 e. The summed E-state index contributed by atoms with van der Waals surface area (Å²) in [5, 5.41) is 3.58. The SMILES string of the molecule is CCNC(c1ccco1)C1CCCC(C)C1. The van der Waals surface area contributed by atoms with Crippen LogP contribution in [-0.2, 0) is 0 Å². The summed E-state index contributed by atoms with van der Waals surface area (Å²) >= 11 is 0. The molecular weight excluding hydrogens is 198 g/mol. The van der Waals surface area contributed by atoms with Crippen LogP contribution in [0.2, 0.25) is 0 Å². The van der Waals surface area contributed by atoms with Gasteiger partial charge in [-0.05, 0) is 43.4 Å². The van der Waals surface area contributed by atoms with Gasteiger partial charge in [-0.15, -0.1) is 0 Å². The van der Waals surface area contributed by atoms with Crippen molar-refractivity contribution in [2.75, 3.05) is 6.54 Å². The van der Waals surface area contributed by atoms with E-state index in [0.717, 1.165) is 24.1 Å². The van der Waals surface area contributed by atoms with Gasteiger partial charge in [0, 0.05) is 0 Å². The zero-order valence-electron chi connectivity index (χ0n) is 10.4. The molecule has 0 bridgehead atoms. The van der Waals surface area contributed by atoms with E-state index < -0.39 is 0 Å². The van der Waals surface area contributed by atoms with Crippen LogP contribution in [-0.4, -0.2) is 6.54 Å². The van der Waals surface area contributed by atoms with Gasteiger partial charge >= 0.3 is 0 Å². The van der Waals surface area contributed by atoms with E-state index in [2.05, 4.69) is 25.2 Å². The van der Waals surface area contributed by atoms with E-state index in [-0.39, 0.29) is 0 Å². The zero-order valence-corrected chi connectivity index (χ0v) is 10.4. The van der Waals surface area contributed by atoms with Gasteiger partial charge in [-0.2, -0.15) is 0 Å². The van der Waals surface area contributed by atoms with E-state index in [4.69, 9.17) is 4.42 Å². The van der Waals surface area contributed by atoms with Gasteiger partial charge in [0.1, 0.15) is 5.76 Å². The van der Waals surface area contributed by atoms with E-state index >= 15 is 0 Å². The molecule has 0 aliphatic heterocycles. The van der Waals surface area contributed by atoms with Gasteiger partial charge in [0.2, 0.25) is 0 Å². The molecule has 1 heterocycles. The molecule has 3 atom stereocenters. The summed E-state index contributed by atoms with van der Waals surface area (Å²) in [5.74, 6) is 2.73. The summed E-state index contributed by atoms with van der Waals surface area (Å²) in [7, 11) is 0. The van der Waals surface area contributed by atoms with E-state index in [9.17, 15) is 0 Å². The third-order valence-corrected chi connectivity index (χ3v) is 3.72. The van der Waals surface area contributed by atoms with Crippen molar-refractivity contribution < 1.29 is 4.42 Å². The van der Waals surface area contributed by atoms with Gasteiger partial charge in [-0.3, -0.25) is 0 Å². The van der Waals surface area contributed by atoms with Crippen molar-refractivity contribution in [2.45, 2.75) is 45.6 Å². The molecule has 90 valence electrons. The second-order valence-electron chi connectivity index (χ2n) is 5.08. The van der Waals surface area contributed by atoms with Gasteiger partial charge in [-0.25, -0.2) is 0 Å². The van der Waals surface area contributed by atoms with Crippen molar-refractivity contribution in [1.82, 2.24) is 5.32 Å². The third kappa shape index (κ3) is 2.67. The average Bonchev–Trinajstić information content (AvgIpc) is 2.79. The number of hydrogen-bond acceptors (Lipinski definition) is 2. The van der Waals surface area contributed by atoms with Crippen LogP contribution in [0, 0.1) is 11.8 Å². The topological polar surface area (TPSA) is 25.2 Å². The Morgan fingerprint density at radius 1 is 1.50 bits per heavy atom. The first kappa shape index (κ1) is 11.7. The highest BCUT2D eigenvalue weighted by atomic mass is 16.3. The summed E-state index contributed by atoms with van der Waals surface area (Å²) in [6.45, 7) is 5.55. The molecule has 1 fully saturated rings. The predicted molar refractivity (Wildman–Crippen MR) is 66.2 cm³/mol. The summed E-state index contributed by atoms with van der Waals surface area (Å²) < 4.78 is 5.57. The molecule has 2 rings (SSSR count). The first-order valence-electron chi connectivity index (χ1n) is 6.58. The molecule has 1 aromatic heterocycles. The van der Waals surface area contributed by atoms with Crippen LogP contribution in [0.15, 0.2) is 22.8 Å². The fourth-order valence-corrected chi connectivity index (χ4v) is 2.97. The zero-order chi connectivity index (χ0) is 11.4. The molecule has 1 saturated carbocycles. The van der Waals surface area contributed by atoms with Gasteiger partial charge < -0.3 is 9.73 Å². The van der Waals surface area contributed by atoms with Crippen molar-refractivity contribution in [3.8, 4) is 0 Å². The molecule has 3 unspecified atom stereocenters. The van der Waals surface area contributed by atoms with Crippen molar-refractivity contribution in [1.29, 1.82) is 0 Å². The fraction of sp³-hybridized carbons (Fsp3) is 0.714. The Balaban J connectivity index is 2.06. The summed E-state index contributed by atoms with van der Waals surface area (Å²) in [6.07, 6.45) is 7.22. The number of rotatable bonds is 4. The first-order chi connectivity index (χ1) is 7.81. The molecule has 0 spiro atoms. The van der Waals surface area contributed by atoms with Crippen LogP contribution in [0.1, 0.15) is 51.3 Å². The fourth-order valence-electron chi connectivity index (χ4n) is 2.97. The standard InChI is InChI=1S/C14H23NO/c1-3-15-14(13-8-5-9-16-13)12-7-4-6-11(2)10-12/h5,8-9,11-12,14-15H,3-4,6-7,10H2,1-2H3. The monoisotopic (exact) mass is 221 g/mol. The van der Waals surface area contributed by atoms with Gasteiger partial charge in [0.25, 0.3) is 0 Å². The van der Waals surface area contributed by atoms with Crippen LogP contribution < -0.4 is 5.32 Å². The van der Waals surface area contributed by atoms with Crippen molar-refractivity contribution in [2.24, 2.45) is 11.8 Å². The highest BCUT2D eigenvalue weighted by molar-refractivity contribution is 5.06. The number of hydrogen-bond donors (Lipinski definition) is 1. The van der Waals surface area contributed by atoms with Gasteiger partial charge in [0.05, 0.1) is 12.3 Å². The second-order valence-corrected chi connectivity index (χ2v) is 5.08. The van der Waals surface area contributed by atoms with E-state index in [1.807, 2.05) is 6.07 Å². The van der Waals surface area contributed by atoms with Crippen molar-refractivity contribution >= 4 is 0 Å². The quantitative estimate of drug-likeness (QED) is 0.837. The first-order valence-corrected chi connectivity index (χ1v) is 6.58. The van der Waals surface area contributed by atoms with Crippen molar-refractivity contribution in [3.05, 3.63) is 24.2 Å². The minimum Gasteiger partial charge on any atom is -0.468 e. The molecule has 0 saturated heterocycles. The lowest BCUT2D eigenvalue weighted by atomic mass is 9.78. The molecule has 16 heavy (non-hydrogen) atoms. The average molecular weight is 221 g/mol. The highest BCUT2D eigenvalue weighted by Gasteiger charge is 2.28. The maximum Gasteiger partial charge on any atom is 0.120 e. The lowest BCUT2D eigenvalue weighted by Crippen LogP contribution is -2.30. The van der Waals surface area contributed by atoms with Crippen LogP contribution >= 0.6 is 0 Å². The predicted octanol–water partition coefficient (Wildman–Crippen LogP) is 3.76. The Bertz CT molecular complexity index is 294. The molecule has 2 heteroatoms. The summed E-state index contributed by atoms with van der Waals surface area (Å²) in [4.78, 5) is 0. The molecule has 2 nitrogen and oxygen atoms in total. The van der Waals surface area contributed by atoms with Crippen LogP contribution in [0.5, 0.6) is 0 Å². The Labute approximate surface area is 98.4 Å². The lowest BCUT2D eigenvalue weighted by Gasteiger charge is -2.32. The molecule has 1 aliphatic carbocycles. The Morgan fingerprint density at radius 3 is 3.00 bits per heavy atom. The van der Waals surface area contributed by atoms with E-state index in [1.54, 1.807) is 6.26 Å². The second kappa shape index (κ2) is 5.53. The normalized spacial score (nSPS) is 27.9. The maximum absolute atomic E-state index is 5.57. The maximum atomic E-state index is 5.57. The largest absolute Gasteiger partial charge is 0.468 e.